The Hall–Kier alpha value is -0.720. The highest BCUT2D eigenvalue weighted by molar-refractivity contribution is 8.04. The molecule has 0 atom stereocenters. The number of hydrogen-bond acceptors (Lipinski definition) is 6. The maximum atomic E-state index is 12.6. The van der Waals surface area contributed by atoms with Gasteiger partial charge in [-0.2, -0.15) is 0 Å². The second-order valence-electron chi connectivity index (χ2n) is 4.26. The Kier molecular flexibility index (Phi) is 5.98. The Morgan fingerprint density at radius 2 is 1.36 bits per heavy atom. The van der Waals surface area contributed by atoms with Gasteiger partial charge in [-0.05, 0) is 16.0 Å². The lowest BCUT2D eigenvalue weighted by Gasteiger charge is -2.29. The molecule has 0 bridgehead atoms. The number of sulfonamides is 3. The van der Waals surface area contributed by atoms with Gasteiger partial charge >= 0.3 is 0 Å². The number of hydrogen-bond donors (Lipinski definition) is 0. The van der Waals surface area contributed by atoms with E-state index < -0.39 is 36.6 Å². The average Bonchev–Trinajstić information content (AvgIpc) is 2.36. The first kappa shape index (κ1) is 19.3. The van der Waals surface area contributed by atoms with Gasteiger partial charge in [0.1, 0.15) is 0 Å². The molecule has 22 heavy (non-hydrogen) atoms. The van der Waals surface area contributed by atoms with Crippen LogP contribution in [0.3, 0.4) is 0 Å². The maximum Gasteiger partial charge on any atom is 0.257 e. The third-order valence-corrected chi connectivity index (χ3v) is 7.64. The fourth-order valence-corrected chi connectivity index (χ4v) is 7.21. The van der Waals surface area contributed by atoms with Crippen LogP contribution in [0.15, 0.2) is 35.2 Å². The third kappa shape index (κ3) is 4.40. The molecular formula is C10H15ClN2O6S3. The second kappa shape index (κ2) is 6.81. The third-order valence-electron chi connectivity index (χ3n) is 2.34. The van der Waals surface area contributed by atoms with Gasteiger partial charge < -0.3 is 0 Å². The van der Waals surface area contributed by atoms with Crippen molar-refractivity contribution in [2.45, 2.75) is 4.90 Å². The first-order chi connectivity index (χ1) is 9.92. The minimum absolute atomic E-state index is 0.162. The van der Waals surface area contributed by atoms with Crippen LogP contribution in [0.1, 0.15) is 0 Å². The molecule has 12 heteroatoms. The van der Waals surface area contributed by atoms with E-state index in [0.717, 1.165) is 0 Å². The van der Waals surface area contributed by atoms with Crippen LogP contribution in [0.2, 0.25) is 0 Å². The normalized spacial score (nSPS) is 13.7. The summed E-state index contributed by atoms with van der Waals surface area (Å²) < 4.78 is 72.3. The molecule has 1 aromatic carbocycles. The summed E-state index contributed by atoms with van der Waals surface area (Å²) in [4.78, 5) is -0.252. The molecule has 0 saturated heterocycles. The van der Waals surface area contributed by atoms with Crippen LogP contribution in [0.25, 0.3) is 0 Å². The van der Waals surface area contributed by atoms with Gasteiger partial charge in [0.05, 0.1) is 17.4 Å². The quantitative estimate of drug-likeness (QED) is 0.480. The Morgan fingerprint density at radius 1 is 0.909 bits per heavy atom. The fourth-order valence-electron chi connectivity index (χ4n) is 1.65. The van der Waals surface area contributed by atoms with Crippen molar-refractivity contribution in [2.24, 2.45) is 0 Å². The minimum atomic E-state index is -4.41. The summed E-state index contributed by atoms with van der Waals surface area (Å²) in [6, 6.07) is 6.86. The molecule has 0 aliphatic heterocycles. The summed E-state index contributed by atoms with van der Waals surface area (Å²) in [5.41, 5.74) is 0. The Labute approximate surface area is 135 Å². The molecule has 0 fully saturated rings. The molecule has 0 saturated carbocycles. The lowest BCUT2D eigenvalue weighted by atomic mass is 10.4. The highest BCUT2D eigenvalue weighted by Gasteiger charge is 2.41. The van der Waals surface area contributed by atoms with Crippen LogP contribution in [0, 0.1) is 0 Å². The largest absolute Gasteiger partial charge is 0.257 e. The predicted octanol–water partition coefficient (Wildman–Crippen LogP) is 0.0523. The van der Waals surface area contributed by atoms with Crippen LogP contribution >= 0.6 is 11.6 Å². The molecule has 0 aliphatic rings. The number of nitrogens with zero attached hydrogens (tertiary/aromatic N) is 2. The van der Waals surface area contributed by atoms with Crippen LogP contribution < -0.4 is 0 Å². The summed E-state index contributed by atoms with van der Waals surface area (Å²) in [5, 5.41) is 0. The van der Waals surface area contributed by atoms with E-state index in [-0.39, 0.29) is 19.0 Å². The monoisotopic (exact) mass is 390 g/mol. The molecule has 1 rings (SSSR count). The first-order valence-corrected chi connectivity index (χ1v) is 11.4. The first-order valence-electron chi connectivity index (χ1n) is 5.76. The highest BCUT2D eigenvalue weighted by atomic mass is 35.5. The summed E-state index contributed by atoms with van der Waals surface area (Å²) >= 11 is 5.51. The van der Waals surface area contributed by atoms with Crippen molar-refractivity contribution in [3.05, 3.63) is 30.3 Å². The zero-order chi connectivity index (χ0) is 17.2. The molecule has 126 valence electrons. The number of hydrazine groups is 1. The van der Waals surface area contributed by atoms with Crippen LogP contribution in [0.5, 0.6) is 0 Å². The van der Waals surface area contributed by atoms with Crippen molar-refractivity contribution in [1.29, 1.82) is 0 Å². The zero-order valence-electron chi connectivity index (χ0n) is 11.7. The van der Waals surface area contributed by atoms with Gasteiger partial charge in [0.25, 0.3) is 10.0 Å². The van der Waals surface area contributed by atoms with Gasteiger partial charge in [-0.1, -0.05) is 18.2 Å². The Morgan fingerprint density at radius 3 is 1.73 bits per heavy atom. The molecule has 1 aromatic rings. The maximum absolute atomic E-state index is 12.6. The van der Waals surface area contributed by atoms with E-state index in [4.69, 9.17) is 11.6 Å². The fraction of sp³-hybridized carbons (Fsp3) is 0.400. The van der Waals surface area contributed by atoms with Gasteiger partial charge in [-0.15, -0.1) is 16.0 Å². The molecule has 0 radical (unpaired) electrons. The highest BCUT2D eigenvalue weighted by Crippen LogP contribution is 2.21. The summed E-state index contributed by atoms with van der Waals surface area (Å²) in [6.07, 6.45) is 1.19. The minimum Gasteiger partial charge on any atom is -0.210 e. The summed E-state index contributed by atoms with van der Waals surface area (Å²) in [6.45, 7) is -0.529. The number of rotatable bonds is 7. The van der Waals surface area contributed by atoms with Crippen molar-refractivity contribution in [2.75, 3.05) is 24.9 Å². The molecule has 0 N–H and O–H groups in total. The van der Waals surface area contributed by atoms with Crippen molar-refractivity contribution in [1.82, 2.24) is 8.23 Å². The van der Waals surface area contributed by atoms with E-state index in [1.165, 1.54) is 24.3 Å². The summed E-state index contributed by atoms with van der Waals surface area (Å²) in [7, 11) is -13.2. The van der Waals surface area contributed by atoms with Crippen LogP contribution in [0.4, 0.5) is 0 Å². The van der Waals surface area contributed by atoms with Crippen LogP contribution in [-0.4, -0.2) is 58.4 Å². The molecule has 0 spiro atoms. The van der Waals surface area contributed by atoms with Crippen molar-refractivity contribution >= 4 is 41.7 Å². The van der Waals surface area contributed by atoms with Gasteiger partial charge in [0.2, 0.25) is 20.0 Å². The summed E-state index contributed by atoms with van der Waals surface area (Å²) in [5.74, 6) is -0.298. The van der Waals surface area contributed by atoms with E-state index in [1.807, 2.05) is 0 Å². The molecule has 0 heterocycles. The number of halogens is 1. The average molecular weight is 391 g/mol. The lowest BCUT2D eigenvalue weighted by Crippen LogP contribution is -2.52. The number of alkyl halides is 1. The van der Waals surface area contributed by atoms with E-state index in [1.54, 1.807) is 6.07 Å². The Bertz CT molecular complexity index is 789. The Balaban J connectivity index is 3.58. The predicted molar refractivity (Wildman–Crippen MR) is 82.6 cm³/mol. The molecule has 8 nitrogen and oxygen atoms in total. The van der Waals surface area contributed by atoms with Crippen molar-refractivity contribution < 1.29 is 25.3 Å². The van der Waals surface area contributed by atoms with E-state index in [2.05, 4.69) is 0 Å². The zero-order valence-corrected chi connectivity index (χ0v) is 15.0. The van der Waals surface area contributed by atoms with E-state index in [9.17, 15) is 25.3 Å². The molecule has 0 amide bonds. The molecular weight excluding hydrogens is 376 g/mol. The molecule has 0 aromatic heterocycles. The molecule has 0 unspecified atom stereocenters. The molecule has 0 aliphatic carbocycles. The lowest BCUT2D eigenvalue weighted by molar-refractivity contribution is 0.267. The van der Waals surface area contributed by atoms with Crippen molar-refractivity contribution in [3.63, 3.8) is 0 Å². The van der Waals surface area contributed by atoms with E-state index >= 15 is 0 Å². The second-order valence-corrected chi connectivity index (χ2v) is 10.3. The van der Waals surface area contributed by atoms with Crippen molar-refractivity contribution in [3.8, 4) is 0 Å². The van der Waals surface area contributed by atoms with Gasteiger partial charge in [0, 0.05) is 12.4 Å². The number of benzene rings is 1. The smallest absolute Gasteiger partial charge is 0.210 e. The standard InChI is InChI=1S/C10H15ClN2O6S3/c1-20(14,15)13(21(2,16)17)12(9-8-11)22(18,19)10-6-4-3-5-7-10/h3-7H,8-9H2,1-2H3. The SMILES string of the molecule is CS(=O)(=O)N(N(CCCl)S(=O)(=O)c1ccccc1)S(C)(=O)=O. The van der Waals surface area contributed by atoms with Crippen LogP contribution in [-0.2, 0) is 30.1 Å². The van der Waals surface area contributed by atoms with Gasteiger partial charge in [-0.3, -0.25) is 0 Å². The van der Waals surface area contributed by atoms with Gasteiger partial charge in [-0.25, -0.2) is 25.3 Å². The topological polar surface area (TPSA) is 109 Å². The van der Waals surface area contributed by atoms with E-state index in [0.29, 0.717) is 12.5 Å². The van der Waals surface area contributed by atoms with Gasteiger partial charge in [0.15, 0.2) is 0 Å².